The van der Waals surface area contributed by atoms with E-state index in [1.165, 1.54) is 19.8 Å². The Bertz CT molecular complexity index is 851. The number of hydrogen-bond acceptors (Lipinski definition) is 8. The van der Waals surface area contributed by atoms with E-state index in [4.69, 9.17) is 14.7 Å². The van der Waals surface area contributed by atoms with Crippen LogP contribution in [0.25, 0.3) is 0 Å². The molecule has 0 unspecified atom stereocenters. The highest BCUT2D eigenvalue weighted by Gasteiger charge is 2.20. The van der Waals surface area contributed by atoms with Crippen LogP contribution in [0.2, 0.25) is 0 Å². The molecule has 0 saturated carbocycles. The van der Waals surface area contributed by atoms with E-state index in [1.807, 2.05) is 24.3 Å². The molecule has 1 amide bonds. The molecule has 1 N–H and O–H groups in total. The van der Waals surface area contributed by atoms with Gasteiger partial charge >= 0.3 is 0 Å². The Kier molecular flexibility index (Phi) is 6.94. The van der Waals surface area contributed by atoms with Crippen LogP contribution in [0.15, 0.2) is 30.3 Å². The fourth-order valence-electron chi connectivity index (χ4n) is 3.08. The van der Waals surface area contributed by atoms with Crippen molar-refractivity contribution in [1.82, 2.24) is 19.8 Å². The summed E-state index contributed by atoms with van der Waals surface area (Å²) in [7, 11) is 2.98. The van der Waals surface area contributed by atoms with E-state index in [1.54, 1.807) is 6.07 Å². The zero-order chi connectivity index (χ0) is 20.6. The van der Waals surface area contributed by atoms with Crippen molar-refractivity contribution in [3.8, 4) is 17.8 Å². The van der Waals surface area contributed by atoms with Crippen LogP contribution in [0.5, 0.6) is 11.8 Å². The average Bonchev–Trinajstić information content (AvgIpc) is 2.75. The number of carbonyl (C=O) groups is 1. The van der Waals surface area contributed by atoms with E-state index in [-0.39, 0.29) is 18.4 Å². The van der Waals surface area contributed by atoms with E-state index in [2.05, 4.69) is 31.2 Å². The number of piperazine rings is 1. The first-order valence-corrected chi connectivity index (χ1v) is 9.30. The van der Waals surface area contributed by atoms with Gasteiger partial charge in [0, 0.05) is 32.7 Å². The topological polar surface area (TPSA) is 104 Å². The van der Waals surface area contributed by atoms with Crippen molar-refractivity contribution in [2.24, 2.45) is 0 Å². The SMILES string of the molecule is COc1cc(OC)nc(NC(=O)CN2CCN(Cc3ccc(C#N)cc3)CC2)n1. The van der Waals surface area contributed by atoms with Gasteiger partial charge in [-0.2, -0.15) is 15.2 Å². The van der Waals surface area contributed by atoms with Gasteiger partial charge in [-0.15, -0.1) is 0 Å². The van der Waals surface area contributed by atoms with Crippen LogP contribution in [0.4, 0.5) is 5.95 Å². The molecule has 0 atom stereocenters. The summed E-state index contributed by atoms with van der Waals surface area (Å²) in [5.41, 5.74) is 1.85. The molecule has 0 spiro atoms. The Hall–Kier alpha value is -3.22. The number of rotatable bonds is 7. The van der Waals surface area contributed by atoms with Gasteiger partial charge in [0.05, 0.1) is 38.5 Å². The number of ether oxygens (including phenoxy) is 2. The highest BCUT2D eigenvalue weighted by atomic mass is 16.5. The number of nitriles is 1. The molecule has 9 heteroatoms. The smallest absolute Gasteiger partial charge is 0.240 e. The number of aromatic nitrogens is 2. The Balaban J connectivity index is 1.46. The van der Waals surface area contributed by atoms with E-state index < -0.39 is 0 Å². The summed E-state index contributed by atoms with van der Waals surface area (Å²) in [5, 5.41) is 11.6. The second kappa shape index (κ2) is 9.82. The summed E-state index contributed by atoms with van der Waals surface area (Å²) in [6.45, 7) is 4.45. The van der Waals surface area contributed by atoms with Crippen molar-refractivity contribution in [2.75, 3.05) is 52.3 Å². The maximum atomic E-state index is 12.4. The lowest BCUT2D eigenvalue weighted by molar-refractivity contribution is -0.117. The molecule has 29 heavy (non-hydrogen) atoms. The fourth-order valence-corrected chi connectivity index (χ4v) is 3.08. The molecule has 1 aliphatic rings. The van der Waals surface area contributed by atoms with Gasteiger partial charge in [-0.25, -0.2) is 0 Å². The van der Waals surface area contributed by atoms with Crippen LogP contribution >= 0.6 is 0 Å². The summed E-state index contributed by atoms with van der Waals surface area (Å²) in [5.74, 6) is 0.624. The molecule has 1 fully saturated rings. The normalized spacial score (nSPS) is 14.8. The van der Waals surface area contributed by atoms with Crippen molar-refractivity contribution in [2.45, 2.75) is 6.54 Å². The van der Waals surface area contributed by atoms with Crippen LogP contribution in [-0.4, -0.2) is 72.6 Å². The number of anilines is 1. The van der Waals surface area contributed by atoms with Crippen molar-refractivity contribution in [1.29, 1.82) is 5.26 Å². The largest absolute Gasteiger partial charge is 0.481 e. The van der Waals surface area contributed by atoms with Gasteiger partial charge in [0.2, 0.25) is 23.6 Å². The second-order valence-electron chi connectivity index (χ2n) is 6.69. The Morgan fingerprint density at radius 2 is 1.66 bits per heavy atom. The average molecular weight is 396 g/mol. The highest BCUT2D eigenvalue weighted by Crippen LogP contribution is 2.17. The van der Waals surface area contributed by atoms with Crippen LogP contribution in [0.1, 0.15) is 11.1 Å². The third kappa shape index (κ3) is 5.88. The lowest BCUT2D eigenvalue weighted by atomic mass is 10.1. The van der Waals surface area contributed by atoms with Crippen LogP contribution in [0, 0.1) is 11.3 Å². The maximum absolute atomic E-state index is 12.4. The van der Waals surface area contributed by atoms with E-state index in [9.17, 15) is 4.79 Å². The van der Waals surface area contributed by atoms with Crippen LogP contribution < -0.4 is 14.8 Å². The quantitative estimate of drug-likeness (QED) is 0.743. The first-order valence-electron chi connectivity index (χ1n) is 9.30. The second-order valence-corrected chi connectivity index (χ2v) is 6.69. The van der Waals surface area contributed by atoms with Crippen LogP contribution in [-0.2, 0) is 11.3 Å². The predicted octanol–water partition coefficient (Wildman–Crippen LogP) is 1.12. The fraction of sp³-hybridized carbons (Fsp3) is 0.400. The van der Waals surface area contributed by atoms with Crippen molar-refractivity contribution >= 4 is 11.9 Å². The molecule has 1 aromatic carbocycles. The molecule has 2 heterocycles. The van der Waals surface area contributed by atoms with Gasteiger partial charge in [0.1, 0.15) is 0 Å². The van der Waals surface area contributed by atoms with E-state index in [0.717, 1.165) is 32.7 Å². The molecule has 1 saturated heterocycles. The van der Waals surface area contributed by atoms with Gasteiger partial charge < -0.3 is 9.47 Å². The summed E-state index contributed by atoms with van der Waals surface area (Å²) < 4.78 is 10.2. The zero-order valence-electron chi connectivity index (χ0n) is 16.6. The summed E-state index contributed by atoms with van der Waals surface area (Å²) >= 11 is 0. The Morgan fingerprint density at radius 3 is 2.21 bits per heavy atom. The zero-order valence-corrected chi connectivity index (χ0v) is 16.6. The minimum Gasteiger partial charge on any atom is -0.481 e. The monoisotopic (exact) mass is 396 g/mol. The molecular formula is C20H24N6O3. The van der Waals surface area contributed by atoms with E-state index in [0.29, 0.717) is 17.3 Å². The Morgan fingerprint density at radius 1 is 1.07 bits per heavy atom. The summed E-state index contributed by atoms with van der Waals surface area (Å²) in [4.78, 5) is 25.0. The van der Waals surface area contributed by atoms with Crippen LogP contribution in [0.3, 0.4) is 0 Å². The van der Waals surface area contributed by atoms with Crippen molar-refractivity contribution in [3.63, 3.8) is 0 Å². The van der Waals surface area contributed by atoms with Gasteiger partial charge in [0.15, 0.2) is 0 Å². The molecule has 3 rings (SSSR count). The lowest BCUT2D eigenvalue weighted by Crippen LogP contribution is -2.48. The number of hydrogen-bond donors (Lipinski definition) is 1. The number of carbonyl (C=O) groups excluding carboxylic acids is 1. The van der Waals surface area contributed by atoms with Gasteiger partial charge in [-0.1, -0.05) is 12.1 Å². The van der Waals surface area contributed by atoms with E-state index >= 15 is 0 Å². The molecule has 152 valence electrons. The van der Waals surface area contributed by atoms with Gasteiger partial charge in [0.25, 0.3) is 0 Å². The summed E-state index contributed by atoms with van der Waals surface area (Å²) in [6.07, 6.45) is 0. The molecule has 2 aromatic rings. The molecule has 1 aromatic heterocycles. The van der Waals surface area contributed by atoms with Crippen molar-refractivity contribution in [3.05, 3.63) is 41.5 Å². The summed E-state index contributed by atoms with van der Waals surface area (Å²) in [6, 6.07) is 11.3. The number of nitrogens with one attached hydrogen (secondary N) is 1. The number of benzene rings is 1. The third-order valence-electron chi connectivity index (χ3n) is 4.67. The number of methoxy groups -OCH3 is 2. The molecule has 1 aliphatic heterocycles. The number of amides is 1. The molecule has 0 radical (unpaired) electrons. The molecule has 9 nitrogen and oxygen atoms in total. The highest BCUT2D eigenvalue weighted by molar-refractivity contribution is 5.90. The first-order chi connectivity index (χ1) is 14.1. The lowest BCUT2D eigenvalue weighted by Gasteiger charge is -2.34. The molecule has 0 bridgehead atoms. The minimum absolute atomic E-state index is 0.158. The third-order valence-corrected chi connectivity index (χ3v) is 4.67. The van der Waals surface area contributed by atoms with Gasteiger partial charge in [-0.05, 0) is 17.7 Å². The first kappa shape index (κ1) is 20.5. The predicted molar refractivity (Wildman–Crippen MR) is 107 cm³/mol. The molecule has 0 aliphatic carbocycles. The maximum Gasteiger partial charge on any atom is 0.240 e. The number of nitrogens with zero attached hydrogens (tertiary/aromatic N) is 5. The van der Waals surface area contributed by atoms with Crippen molar-refractivity contribution < 1.29 is 14.3 Å². The Labute approximate surface area is 169 Å². The minimum atomic E-state index is -0.180. The van der Waals surface area contributed by atoms with Gasteiger partial charge in [-0.3, -0.25) is 19.9 Å². The molecular weight excluding hydrogens is 372 g/mol. The standard InChI is InChI=1S/C20H24N6O3/c1-28-18-11-19(29-2)24-20(23-18)22-17(27)14-26-9-7-25(8-10-26)13-16-5-3-15(12-21)4-6-16/h3-6,11H,7-10,13-14H2,1-2H3,(H,22,23,24,27).